The van der Waals surface area contributed by atoms with Crippen LogP contribution >= 0.6 is 33.9 Å². The Morgan fingerprint density at radius 1 is 1.40 bits per heavy atom. The van der Waals surface area contributed by atoms with E-state index in [0.717, 1.165) is 5.65 Å². The van der Waals surface area contributed by atoms with Crippen molar-refractivity contribution in [1.29, 1.82) is 0 Å². The second-order valence-electron chi connectivity index (χ2n) is 1.80. The van der Waals surface area contributed by atoms with E-state index in [2.05, 4.69) is 32.6 Å². The van der Waals surface area contributed by atoms with Crippen LogP contribution in [-0.2, 0) is 0 Å². The lowest BCUT2D eigenvalue weighted by atomic mass is 10.5. The highest BCUT2D eigenvalue weighted by Gasteiger charge is 1.99. The monoisotopic (exact) mass is 262 g/mol. The molecule has 4 heteroatoms. The molecule has 0 unspecified atom stereocenters. The first-order valence-corrected chi connectivity index (χ1v) is 4.67. The number of hydrogen-bond donors (Lipinski definition) is 0. The van der Waals surface area contributed by atoms with Crippen LogP contribution in [0.4, 0.5) is 0 Å². The lowest BCUT2D eigenvalue weighted by Crippen LogP contribution is -1.75. The Morgan fingerprint density at radius 2 is 2.30 bits per heavy atom. The van der Waals surface area contributed by atoms with E-state index in [9.17, 15) is 0 Å². The summed E-state index contributed by atoms with van der Waals surface area (Å²) in [5, 5.41) is 0. The van der Waals surface area contributed by atoms with Gasteiger partial charge >= 0.3 is 0 Å². The van der Waals surface area contributed by atoms with E-state index in [1.54, 1.807) is 17.5 Å². The molecule has 0 amide bonds. The van der Waals surface area contributed by atoms with E-state index in [4.69, 9.17) is 0 Å². The number of hydrogen-bond acceptors (Lipinski definition) is 3. The molecule has 0 spiro atoms. The van der Waals surface area contributed by atoms with Crippen LogP contribution in [0.2, 0.25) is 0 Å². The molecule has 2 heterocycles. The van der Waals surface area contributed by atoms with Gasteiger partial charge < -0.3 is 0 Å². The molecule has 0 aliphatic heterocycles. The average molecular weight is 262 g/mol. The molecule has 0 fully saturated rings. The molecular formula is C6H3IN2S. The highest BCUT2D eigenvalue weighted by Crippen LogP contribution is 2.20. The molecule has 0 aromatic carbocycles. The Hall–Kier alpha value is -0.230. The van der Waals surface area contributed by atoms with E-state index in [-0.39, 0.29) is 0 Å². The second kappa shape index (κ2) is 2.43. The van der Waals surface area contributed by atoms with Crippen molar-refractivity contribution in [3.63, 3.8) is 0 Å². The third-order valence-electron chi connectivity index (χ3n) is 1.18. The first-order chi connectivity index (χ1) is 4.88. The molecule has 0 radical (unpaired) electrons. The molecule has 0 aliphatic rings. The summed E-state index contributed by atoms with van der Waals surface area (Å²) in [7, 11) is 0. The number of pyridine rings is 1. The van der Waals surface area contributed by atoms with Gasteiger partial charge in [0.2, 0.25) is 0 Å². The molecule has 2 nitrogen and oxygen atoms in total. The van der Waals surface area contributed by atoms with Gasteiger partial charge in [0, 0.05) is 9.77 Å². The average Bonchev–Trinajstić information content (AvgIpc) is 2.36. The maximum absolute atomic E-state index is 4.10. The van der Waals surface area contributed by atoms with Crippen molar-refractivity contribution in [2.75, 3.05) is 0 Å². The summed E-state index contributed by atoms with van der Waals surface area (Å²) in [6.07, 6.45) is 1.78. The highest BCUT2D eigenvalue weighted by atomic mass is 127. The van der Waals surface area contributed by atoms with Crippen molar-refractivity contribution in [2.45, 2.75) is 0 Å². The normalized spacial score (nSPS) is 10.5. The standard InChI is InChI=1S/C6H3IN2S/c7-4-1-2-8-6-5(4)10-3-9-6/h1-3H. The minimum Gasteiger partial charge on any atom is -0.236 e. The largest absolute Gasteiger partial charge is 0.236 e. The van der Waals surface area contributed by atoms with Crippen LogP contribution in [0.1, 0.15) is 0 Å². The number of thiazole rings is 1. The van der Waals surface area contributed by atoms with Gasteiger partial charge in [-0.1, -0.05) is 0 Å². The maximum Gasteiger partial charge on any atom is 0.171 e. The highest BCUT2D eigenvalue weighted by molar-refractivity contribution is 14.1. The predicted molar refractivity (Wildman–Crippen MR) is 50.1 cm³/mol. The first kappa shape index (κ1) is 6.48. The van der Waals surface area contributed by atoms with Crippen LogP contribution in [0.25, 0.3) is 10.3 Å². The molecule has 2 aromatic heterocycles. The van der Waals surface area contributed by atoms with Crippen LogP contribution < -0.4 is 0 Å². The van der Waals surface area contributed by atoms with Crippen LogP contribution in [0.3, 0.4) is 0 Å². The zero-order valence-electron chi connectivity index (χ0n) is 4.91. The van der Waals surface area contributed by atoms with E-state index >= 15 is 0 Å². The van der Waals surface area contributed by atoms with Crippen LogP contribution in [0.5, 0.6) is 0 Å². The number of rotatable bonds is 0. The van der Waals surface area contributed by atoms with E-state index in [1.165, 1.54) is 8.27 Å². The number of halogens is 1. The maximum atomic E-state index is 4.10. The summed E-state index contributed by atoms with van der Waals surface area (Å²) in [6.45, 7) is 0. The summed E-state index contributed by atoms with van der Waals surface area (Å²) < 4.78 is 2.41. The molecule has 0 atom stereocenters. The fourth-order valence-electron chi connectivity index (χ4n) is 0.744. The van der Waals surface area contributed by atoms with Crippen LogP contribution in [0, 0.1) is 3.57 Å². The van der Waals surface area contributed by atoms with Crippen molar-refractivity contribution >= 4 is 44.3 Å². The van der Waals surface area contributed by atoms with Gasteiger partial charge in [0.15, 0.2) is 5.65 Å². The zero-order valence-corrected chi connectivity index (χ0v) is 7.89. The van der Waals surface area contributed by atoms with E-state index < -0.39 is 0 Å². The minimum absolute atomic E-state index is 0.858. The summed E-state index contributed by atoms with van der Waals surface area (Å²) in [5.41, 5.74) is 2.68. The summed E-state index contributed by atoms with van der Waals surface area (Å²) >= 11 is 3.92. The predicted octanol–water partition coefficient (Wildman–Crippen LogP) is 2.30. The van der Waals surface area contributed by atoms with Gasteiger partial charge in [-0.3, -0.25) is 0 Å². The van der Waals surface area contributed by atoms with Crippen molar-refractivity contribution in [3.05, 3.63) is 21.3 Å². The van der Waals surface area contributed by atoms with E-state index in [1.807, 2.05) is 11.6 Å². The first-order valence-electron chi connectivity index (χ1n) is 2.71. The van der Waals surface area contributed by atoms with Gasteiger partial charge in [-0.15, -0.1) is 11.3 Å². The molecule has 2 rings (SSSR count). The van der Waals surface area contributed by atoms with Crippen LogP contribution in [0.15, 0.2) is 17.8 Å². The van der Waals surface area contributed by atoms with Crippen molar-refractivity contribution < 1.29 is 0 Å². The molecule has 0 aliphatic carbocycles. The van der Waals surface area contributed by atoms with Crippen molar-refractivity contribution in [2.24, 2.45) is 0 Å². The molecule has 50 valence electrons. The summed E-state index contributed by atoms with van der Waals surface area (Å²) in [5.74, 6) is 0. The number of aromatic nitrogens is 2. The molecule has 0 bridgehead atoms. The van der Waals surface area contributed by atoms with Gasteiger partial charge in [0.1, 0.15) is 0 Å². The lowest BCUT2D eigenvalue weighted by Gasteiger charge is -1.87. The third kappa shape index (κ3) is 0.911. The summed E-state index contributed by atoms with van der Waals surface area (Å²) in [6, 6.07) is 1.99. The Bertz CT molecular complexity index is 357. The molecule has 10 heavy (non-hydrogen) atoms. The van der Waals surface area contributed by atoms with E-state index in [0.29, 0.717) is 0 Å². The number of nitrogens with zero attached hydrogens (tertiary/aromatic N) is 2. The third-order valence-corrected chi connectivity index (χ3v) is 3.30. The Kier molecular flexibility index (Phi) is 1.57. The fourth-order valence-corrected chi connectivity index (χ4v) is 2.18. The minimum atomic E-state index is 0.858. The van der Waals surface area contributed by atoms with Gasteiger partial charge in [-0.05, 0) is 28.7 Å². The Labute approximate surface area is 75.5 Å². The number of fused-ring (bicyclic) bond motifs is 1. The van der Waals surface area contributed by atoms with Gasteiger partial charge in [-0.2, -0.15) is 0 Å². The zero-order chi connectivity index (χ0) is 6.97. The topological polar surface area (TPSA) is 25.8 Å². The molecule has 2 aromatic rings. The molecule has 0 saturated heterocycles. The summed E-state index contributed by atoms with van der Waals surface area (Å²) in [4.78, 5) is 8.18. The fraction of sp³-hybridized carbons (Fsp3) is 0. The Morgan fingerprint density at radius 3 is 3.10 bits per heavy atom. The van der Waals surface area contributed by atoms with Crippen LogP contribution in [-0.4, -0.2) is 9.97 Å². The SMILES string of the molecule is Ic1ccnc2ncsc12. The quantitative estimate of drug-likeness (QED) is 0.681. The molecular weight excluding hydrogens is 259 g/mol. The second-order valence-corrected chi connectivity index (χ2v) is 3.81. The van der Waals surface area contributed by atoms with Gasteiger partial charge in [-0.25, -0.2) is 9.97 Å². The van der Waals surface area contributed by atoms with Crippen molar-refractivity contribution in [3.8, 4) is 0 Å². The molecule has 0 saturated carbocycles. The van der Waals surface area contributed by atoms with Crippen molar-refractivity contribution in [1.82, 2.24) is 9.97 Å². The van der Waals surface area contributed by atoms with Gasteiger partial charge in [0.05, 0.1) is 10.2 Å². The lowest BCUT2D eigenvalue weighted by molar-refractivity contribution is 1.32. The molecule has 0 N–H and O–H groups in total. The Balaban J connectivity index is 2.95. The van der Waals surface area contributed by atoms with Gasteiger partial charge in [0.25, 0.3) is 0 Å². The smallest absolute Gasteiger partial charge is 0.171 e.